The fourth-order valence-corrected chi connectivity index (χ4v) is 2.35. The van der Waals surface area contributed by atoms with Gasteiger partial charge in [0.2, 0.25) is 5.91 Å². The molecule has 0 aliphatic heterocycles. The fourth-order valence-electron chi connectivity index (χ4n) is 2.35. The molecule has 0 radical (unpaired) electrons. The van der Waals surface area contributed by atoms with Crippen LogP contribution in [-0.2, 0) is 4.79 Å². The van der Waals surface area contributed by atoms with E-state index in [-0.39, 0.29) is 23.9 Å². The first-order valence-corrected chi connectivity index (χ1v) is 6.58. The minimum absolute atomic E-state index is 0.00294. The Labute approximate surface area is 112 Å². The van der Waals surface area contributed by atoms with Gasteiger partial charge in [0.1, 0.15) is 11.3 Å². The molecule has 0 spiro atoms. The second-order valence-corrected chi connectivity index (χ2v) is 5.32. The smallest absolute Gasteiger partial charge is 0.227 e. The maximum Gasteiger partial charge on any atom is 0.227 e. The number of hydrogen-bond acceptors (Lipinski definition) is 3. The molecular formula is C15H18N2O2. The Balaban J connectivity index is 1.82. The largest absolute Gasteiger partial charge is 0.459 e. The maximum atomic E-state index is 12.1. The number of carbonyl (C=O) groups excluding carboxylic acids is 1. The van der Waals surface area contributed by atoms with Gasteiger partial charge < -0.3 is 15.1 Å². The summed E-state index contributed by atoms with van der Waals surface area (Å²) in [4.78, 5) is 13.9. The number of nitrogens with zero attached hydrogens (tertiary/aromatic N) is 1. The fraction of sp³-hybridized carbons (Fsp3) is 0.400. The number of furan rings is 1. The summed E-state index contributed by atoms with van der Waals surface area (Å²) in [5.41, 5.74) is 6.59. The number of rotatable bonds is 3. The standard InChI is InChI=1S/C15H18N2O2/c1-9(17(2)15(18)11-8-12(11)16)14-7-10-5-3-4-6-13(10)19-14/h3-7,9,11-12H,8,16H2,1-2H3. The van der Waals surface area contributed by atoms with E-state index in [1.54, 1.807) is 4.90 Å². The lowest BCUT2D eigenvalue weighted by Crippen LogP contribution is -2.32. The molecule has 3 atom stereocenters. The molecule has 19 heavy (non-hydrogen) atoms. The van der Waals surface area contributed by atoms with Gasteiger partial charge in [-0.3, -0.25) is 4.79 Å². The van der Waals surface area contributed by atoms with Gasteiger partial charge >= 0.3 is 0 Å². The lowest BCUT2D eigenvalue weighted by Gasteiger charge is -2.23. The molecule has 1 amide bonds. The Bertz CT molecular complexity index is 586. The highest BCUT2D eigenvalue weighted by molar-refractivity contribution is 5.83. The molecule has 3 rings (SSSR count). The van der Waals surface area contributed by atoms with Crippen LogP contribution in [0.3, 0.4) is 0 Å². The SMILES string of the molecule is CC(c1cc2ccccc2o1)N(C)C(=O)C1CC1N. The topological polar surface area (TPSA) is 59.5 Å². The van der Waals surface area contributed by atoms with Crippen molar-refractivity contribution in [3.05, 3.63) is 36.1 Å². The summed E-state index contributed by atoms with van der Waals surface area (Å²) in [5, 5.41) is 1.06. The number of benzene rings is 1. The second kappa shape index (κ2) is 4.38. The third-order valence-electron chi connectivity index (χ3n) is 3.94. The molecule has 0 saturated heterocycles. The zero-order valence-electron chi connectivity index (χ0n) is 11.2. The molecule has 1 aromatic heterocycles. The Morgan fingerprint density at radius 2 is 2.16 bits per heavy atom. The average molecular weight is 258 g/mol. The summed E-state index contributed by atoms with van der Waals surface area (Å²) in [5.74, 6) is 0.920. The lowest BCUT2D eigenvalue weighted by atomic mass is 10.2. The van der Waals surface area contributed by atoms with Gasteiger partial charge in [-0.25, -0.2) is 0 Å². The van der Waals surface area contributed by atoms with Crippen molar-refractivity contribution in [3.63, 3.8) is 0 Å². The van der Waals surface area contributed by atoms with Crippen molar-refractivity contribution in [1.82, 2.24) is 4.90 Å². The van der Waals surface area contributed by atoms with Crippen LogP contribution in [0.1, 0.15) is 25.1 Å². The van der Waals surface area contributed by atoms with Crippen molar-refractivity contribution in [2.75, 3.05) is 7.05 Å². The van der Waals surface area contributed by atoms with Gasteiger partial charge in [-0.05, 0) is 25.5 Å². The van der Waals surface area contributed by atoms with Gasteiger partial charge in [0.25, 0.3) is 0 Å². The maximum absolute atomic E-state index is 12.1. The van der Waals surface area contributed by atoms with Crippen LogP contribution in [0, 0.1) is 5.92 Å². The van der Waals surface area contributed by atoms with E-state index in [1.165, 1.54) is 0 Å². The van der Waals surface area contributed by atoms with Gasteiger partial charge in [-0.15, -0.1) is 0 Å². The molecule has 4 heteroatoms. The molecule has 1 saturated carbocycles. The first-order valence-electron chi connectivity index (χ1n) is 6.58. The predicted molar refractivity (Wildman–Crippen MR) is 73.5 cm³/mol. The molecule has 2 N–H and O–H groups in total. The van der Waals surface area contributed by atoms with E-state index < -0.39 is 0 Å². The number of hydrogen-bond donors (Lipinski definition) is 1. The van der Waals surface area contributed by atoms with E-state index in [9.17, 15) is 4.79 Å². The van der Waals surface area contributed by atoms with E-state index in [0.29, 0.717) is 0 Å². The molecule has 100 valence electrons. The Morgan fingerprint density at radius 1 is 1.47 bits per heavy atom. The molecule has 4 nitrogen and oxygen atoms in total. The lowest BCUT2D eigenvalue weighted by molar-refractivity contribution is -0.133. The Morgan fingerprint density at radius 3 is 2.79 bits per heavy atom. The van der Waals surface area contributed by atoms with Crippen LogP contribution in [0.5, 0.6) is 0 Å². The van der Waals surface area contributed by atoms with E-state index in [4.69, 9.17) is 10.2 Å². The van der Waals surface area contributed by atoms with Crippen molar-refractivity contribution in [2.45, 2.75) is 25.4 Å². The molecule has 0 bridgehead atoms. The Hall–Kier alpha value is -1.81. The number of carbonyl (C=O) groups is 1. The summed E-state index contributed by atoms with van der Waals surface area (Å²) in [6.45, 7) is 1.98. The van der Waals surface area contributed by atoms with Crippen LogP contribution < -0.4 is 5.73 Å². The zero-order valence-corrected chi connectivity index (χ0v) is 11.2. The van der Waals surface area contributed by atoms with Gasteiger partial charge in [0.15, 0.2) is 0 Å². The van der Waals surface area contributed by atoms with E-state index in [0.717, 1.165) is 23.2 Å². The van der Waals surface area contributed by atoms with Crippen molar-refractivity contribution >= 4 is 16.9 Å². The van der Waals surface area contributed by atoms with Crippen molar-refractivity contribution < 1.29 is 9.21 Å². The van der Waals surface area contributed by atoms with E-state index in [2.05, 4.69) is 0 Å². The molecule has 1 fully saturated rings. The van der Waals surface area contributed by atoms with Gasteiger partial charge in [0.05, 0.1) is 12.0 Å². The average Bonchev–Trinajstić information content (AvgIpc) is 2.99. The highest BCUT2D eigenvalue weighted by atomic mass is 16.3. The summed E-state index contributed by atoms with van der Waals surface area (Å²) < 4.78 is 5.80. The second-order valence-electron chi connectivity index (χ2n) is 5.32. The predicted octanol–water partition coefficient (Wildman–Crippen LogP) is 2.30. The number of nitrogens with two attached hydrogens (primary N) is 1. The first kappa shape index (κ1) is 12.2. The van der Waals surface area contributed by atoms with Gasteiger partial charge in [0, 0.05) is 18.5 Å². The van der Waals surface area contributed by atoms with Crippen molar-refractivity contribution in [2.24, 2.45) is 11.7 Å². The highest BCUT2D eigenvalue weighted by Crippen LogP contribution is 2.33. The van der Waals surface area contributed by atoms with Crippen LogP contribution in [0.15, 0.2) is 34.7 Å². The normalized spacial score (nSPS) is 23.3. The van der Waals surface area contributed by atoms with Crippen LogP contribution in [-0.4, -0.2) is 23.9 Å². The third-order valence-corrected chi connectivity index (χ3v) is 3.94. The summed E-state index contributed by atoms with van der Waals surface area (Å²) in [6.07, 6.45) is 0.802. The molecule has 1 heterocycles. The van der Waals surface area contributed by atoms with Gasteiger partial charge in [-0.2, -0.15) is 0 Å². The molecule has 1 aliphatic rings. The van der Waals surface area contributed by atoms with Gasteiger partial charge in [-0.1, -0.05) is 18.2 Å². The zero-order chi connectivity index (χ0) is 13.6. The molecule has 1 aromatic carbocycles. The number of fused-ring (bicyclic) bond motifs is 1. The third kappa shape index (κ3) is 2.12. The molecule has 3 unspecified atom stereocenters. The minimum Gasteiger partial charge on any atom is -0.459 e. The van der Waals surface area contributed by atoms with Crippen LogP contribution in [0.4, 0.5) is 0 Å². The monoisotopic (exact) mass is 258 g/mol. The summed E-state index contributed by atoms with van der Waals surface area (Å²) >= 11 is 0. The van der Waals surface area contributed by atoms with E-state index in [1.807, 2.05) is 44.3 Å². The first-order chi connectivity index (χ1) is 9.08. The summed E-state index contributed by atoms with van der Waals surface area (Å²) in [6, 6.07) is 9.82. The Kier molecular flexibility index (Phi) is 2.82. The highest BCUT2D eigenvalue weighted by Gasteiger charge is 2.42. The molecular weight excluding hydrogens is 240 g/mol. The van der Waals surface area contributed by atoms with Crippen LogP contribution in [0.25, 0.3) is 11.0 Å². The molecule has 2 aromatic rings. The number of amides is 1. The summed E-state index contributed by atoms with van der Waals surface area (Å²) in [7, 11) is 1.81. The minimum atomic E-state index is -0.0762. The van der Waals surface area contributed by atoms with E-state index >= 15 is 0 Å². The number of para-hydroxylation sites is 1. The quantitative estimate of drug-likeness (QED) is 0.919. The van der Waals surface area contributed by atoms with Crippen LogP contribution in [0.2, 0.25) is 0 Å². The molecule has 1 aliphatic carbocycles. The van der Waals surface area contributed by atoms with Crippen molar-refractivity contribution in [1.29, 1.82) is 0 Å². The van der Waals surface area contributed by atoms with Crippen molar-refractivity contribution in [3.8, 4) is 0 Å². The van der Waals surface area contributed by atoms with Crippen LogP contribution >= 0.6 is 0 Å².